The zero-order chi connectivity index (χ0) is 12.1. The highest BCUT2D eigenvalue weighted by atomic mass is 35.5. The molecular formula is C12H16ClNO2. The van der Waals surface area contributed by atoms with Gasteiger partial charge in [-0.15, -0.1) is 0 Å². The van der Waals surface area contributed by atoms with Crippen LogP contribution in [-0.2, 0) is 4.79 Å². The van der Waals surface area contributed by atoms with Gasteiger partial charge >= 0.3 is 5.97 Å². The van der Waals surface area contributed by atoms with E-state index in [9.17, 15) is 4.79 Å². The van der Waals surface area contributed by atoms with Gasteiger partial charge in [0, 0.05) is 17.0 Å². The van der Waals surface area contributed by atoms with Crippen molar-refractivity contribution < 1.29 is 9.90 Å². The quantitative estimate of drug-likeness (QED) is 0.833. The number of hydrogen-bond donors (Lipinski definition) is 2. The minimum atomic E-state index is -0.830. The maximum Gasteiger partial charge on any atom is 0.304 e. The molecule has 0 heterocycles. The molecule has 1 aromatic carbocycles. The van der Waals surface area contributed by atoms with E-state index in [0.717, 1.165) is 12.0 Å². The number of benzene rings is 1. The summed E-state index contributed by atoms with van der Waals surface area (Å²) in [5, 5.41) is 9.50. The second-order valence-corrected chi connectivity index (χ2v) is 4.26. The smallest absolute Gasteiger partial charge is 0.304 e. The van der Waals surface area contributed by atoms with E-state index >= 15 is 0 Å². The maximum atomic E-state index is 10.8. The van der Waals surface area contributed by atoms with Crippen molar-refractivity contribution in [1.82, 2.24) is 0 Å². The van der Waals surface area contributed by atoms with Gasteiger partial charge in [0.05, 0.1) is 6.42 Å². The molecule has 2 unspecified atom stereocenters. The third-order valence-corrected chi connectivity index (χ3v) is 2.93. The second-order valence-electron chi connectivity index (χ2n) is 3.83. The van der Waals surface area contributed by atoms with Crippen LogP contribution in [0.4, 0.5) is 0 Å². The maximum absolute atomic E-state index is 10.8. The summed E-state index contributed by atoms with van der Waals surface area (Å²) in [5.74, 6) is -0.983. The third kappa shape index (κ3) is 3.51. The molecule has 0 saturated carbocycles. The van der Waals surface area contributed by atoms with Crippen molar-refractivity contribution in [3.8, 4) is 0 Å². The number of carboxylic acids is 1. The van der Waals surface area contributed by atoms with Crippen LogP contribution in [0.2, 0.25) is 5.02 Å². The van der Waals surface area contributed by atoms with Crippen LogP contribution in [0, 0.1) is 0 Å². The minimum absolute atomic E-state index is 0.0522. The molecule has 3 nitrogen and oxygen atoms in total. The second kappa shape index (κ2) is 5.87. The molecule has 0 amide bonds. The van der Waals surface area contributed by atoms with Gasteiger partial charge in [0.1, 0.15) is 0 Å². The van der Waals surface area contributed by atoms with E-state index in [4.69, 9.17) is 22.4 Å². The van der Waals surface area contributed by atoms with Gasteiger partial charge in [-0.05, 0) is 24.1 Å². The Morgan fingerprint density at radius 1 is 1.44 bits per heavy atom. The molecule has 1 rings (SSSR count). The van der Waals surface area contributed by atoms with E-state index in [2.05, 4.69) is 0 Å². The van der Waals surface area contributed by atoms with Crippen LogP contribution in [0.1, 0.15) is 31.2 Å². The Hall–Kier alpha value is -1.06. The minimum Gasteiger partial charge on any atom is -0.481 e. The van der Waals surface area contributed by atoms with E-state index in [0.29, 0.717) is 5.02 Å². The van der Waals surface area contributed by atoms with Crippen molar-refractivity contribution in [1.29, 1.82) is 0 Å². The Morgan fingerprint density at radius 3 is 2.44 bits per heavy atom. The molecule has 0 aliphatic rings. The van der Waals surface area contributed by atoms with Gasteiger partial charge in [-0.3, -0.25) is 4.79 Å². The molecule has 4 heteroatoms. The average molecular weight is 242 g/mol. The first kappa shape index (κ1) is 13.0. The zero-order valence-electron chi connectivity index (χ0n) is 9.19. The molecule has 1 aromatic rings. The van der Waals surface area contributed by atoms with Gasteiger partial charge in [-0.1, -0.05) is 30.7 Å². The molecule has 88 valence electrons. The van der Waals surface area contributed by atoms with E-state index in [1.807, 2.05) is 19.1 Å². The Balaban J connectivity index is 2.91. The standard InChI is InChI=1S/C12H16ClNO2/c1-2-11(14)10(7-12(15)16)8-3-5-9(13)6-4-8/h3-6,10-11H,2,7,14H2,1H3,(H,15,16). The average Bonchev–Trinajstić information content (AvgIpc) is 2.26. The third-order valence-electron chi connectivity index (χ3n) is 2.68. The summed E-state index contributed by atoms with van der Waals surface area (Å²) >= 11 is 5.79. The highest BCUT2D eigenvalue weighted by Gasteiger charge is 2.21. The van der Waals surface area contributed by atoms with Crippen molar-refractivity contribution in [2.24, 2.45) is 5.73 Å². The van der Waals surface area contributed by atoms with Crippen LogP contribution >= 0.6 is 11.6 Å². The SMILES string of the molecule is CCC(N)C(CC(=O)O)c1ccc(Cl)cc1. The van der Waals surface area contributed by atoms with Crippen molar-refractivity contribution in [2.45, 2.75) is 31.7 Å². The Morgan fingerprint density at radius 2 is 2.00 bits per heavy atom. The summed E-state index contributed by atoms with van der Waals surface area (Å²) < 4.78 is 0. The molecule has 0 aromatic heterocycles. The van der Waals surface area contributed by atoms with Crippen molar-refractivity contribution in [3.05, 3.63) is 34.9 Å². The summed E-state index contributed by atoms with van der Waals surface area (Å²) in [7, 11) is 0. The summed E-state index contributed by atoms with van der Waals surface area (Å²) in [6.07, 6.45) is 0.803. The zero-order valence-corrected chi connectivity index (χ0v) is 9.95. The molecular weight excluding hydrogens is 226 g/mol. The molecule has 16 heavy (non-hydrogen) atoms. The van der Waals surface area contributed by atoms with Gasteiger partial charge in [0.25, 0.3) is 0 Å². The Labute approximate surface area is 100 Å². The van der Waals surface area contributed by atoms with Crippen molar-refractivity contribution >= 4 is 17.6 Å². The highest BCUT2D eigenvalue weighted by Crippen LogP contribution is 2.25. The fraction of sp³-hybridized carbons (Fsp3) is 0.417. The predicted molar refractivity (Wildman–Crippen MR) is 64.7 cm³/mol. The van der Waals surface area contributed by atoms with E-state index in [-0.39, 0.29) is 18.4 Å². The molecule has 0 fully saturated rings. The Bertz CT molecular complexity index is 351. The predicted octanol–water partition coefficient (Wildman–Crippen LogP) is 2.64. The number of hydrogen-bond acceptors (Lipinski definition) is 2. The lowest BCUT2D eigenvalue weighted by Gasteiger charge is -2.21. The normalized spacial score (nSPS) is 14.4. The summed E-state index contributed by atoms with van der Waals surface area (Å²) in [6.45, 7) is 1.95. The van der Waals surface area contributed by atoms with E-state index in [1.165, 1.54) is 0 Å². The van der Waals surface area contributed by atoms with Crippen LogP contribution < -0.4 is 5.73 Å². The number of halogens is 1. The molecule has 2 atom stereocenters. The van der Waals surface area contributed by atoms with E-state index in [1.54, 1.807) is 12.1 Å². The first-order valence-corrected chi connectivity index (χ1v) is 5.65. The van der Waals surface area contributed by atoms with Crippen molar-refractivity contribution in [3.63, 3.8) is 0 Å². The number of rotatable bonds is 5. The largest absolute Gasteiger partial charge is 0.481 e. The van der Waals surface area contributed by atoms with Crippen LogP contribution in [0.25, 0.3) is 0 Å². The first-order valence-electron chi connectivity index (χ1n) is 5.27. The summed E-state index contributed by atoms with van der Waals surface area (Å²) in [4.78, 5) is 10.8. The number of aliphatic carboxylic acids is 1. The molecule has 0 radical (unpaired) electrons. The monoisotopic (exact) mass is 241 g/mol. The van der Waals surface area contributed by atoms with Gasteiger partial charge in [0.15, 0.2) is 0 Å². The Kier molecular flexibility index (Phi) is 4.77. The van der Waals surface area contributed by atoms with Gasteiger partial charge in [-0.2, -0.15) is 0 Å². The molecule has 0 aliphatic heterocycles. The fourth-order valence-corrected chi connectivity index (χ4v) is 1.83. The van der Waals surface area contributed by atoms with Gasteiger partial charge < -0.3 is 10.8 Å². The topological polar surface area (TPSA) is 63.3 Å². The van der Waals surface area contributed by atoms with Crippen LogP contribution in [0.15, 0.2) is 24.3 Å². The molecule has 0 bridgehead atoms. The molecule has 0 spiro atoms. The lowest BCUT2D eigenvalue weighted by molar-refractivity contribution is -0.137. The number of nitrogens with two attached hydrogens (primary N) is 1. The molecule has 0 aliphatic carbocycles. The molecule has 3 N–H and O–H groups in total. The fourth-order valence-electron chi connectivity index (χ4n) is 1.70. The lowest BCUT2D eigenvalue weighted by atomic mass is 9.88. The number of carbonyl (C=O) groups is 1. The summed E-state index contributed by atoms with van der Waals surface area (Å²) in [6, 6.07) is 7.05. The number of carboxylic acid groups (broad SMARTS) is 1. The first-order chi connectivity index (χ1) is 7.54. The van der Waals surface area contributed by atoms with Crippen molar-refractivity contribution in [2.75, 3.05) is 0 Å². The lowest BCUT2D eigenvalue weighted by Crippen LogP contribution is -2.29. The van der Waals surface area contributed by atoms with Crippen LogP contribution in [0.5, 0.6) is 0 Å². The highest BCUT2D eigenvalue weighted by molar-refractivity contribution is 6.30. The molecule has 0 saturated heterocycles. The van der Waals surface area contributed by atoms with Gasteiger partial charge in [-0.25, -0.2) is 0 Å². The van der Waals surface area contributed by atoms with Gasteiger partial charge in [0.2, 0.25) is 0 Å². The van der Waals surface area contributed by atoms with E-state index < -0.39 is 5.97 Å². The summed E-state index contributed by atoms with van der Waals surface area (Å²) in [5.41, 5.74) is 6.87. The van der Waals surface area contributed by atoms with Crippen LogP contribution in [-0.4, -0.2) is 17.1 Å². The van der Waals surface area contributed by atoms with Crippen LogP contribution in [0.3, 0.4) is 0 Å².